The summed E-state index contributed by atoms with van der Waals surface area (Å²) in [5.74, 6) is 0.00825. The summed E-state index contributed by atoms with van der Waals surface area (Å²) in [6.07, 6.45) is 0.287. The van der Waals surface area contributed by atoms with Crippen LogP contribution in [0.5, 0.6) is 0 Å². The summed E-state index contributed by atoms with van der Waals surface area (Å²) in [6, 6.07) is 11.9. The van der Waals surface area contributed by atoms with E-state index in [9.17, 15) is 9.90 Å². The van der Waals surface area contributed by atoms with Crippen molar-refractivity contribution in [1.29, 1.82) is 0 Å². The molecule has 0 aliphatic carbocycles. The van der Waals surface area contributed by atoms with Gasteiger partial charge in [-0.3, -0.25) is 4.79 Å². The van der Waals surface area contributed by atoms with Gasteiger partial charge in [-0.05, 0) is 30.7 Å². The lowest BCUT2D eigenvalue weighted by molar-refractivity contribution is 0.0769. The van der Waals surface area contributed by atoms with E-state index in [4.69, 9.17) is 0 Å². The third-order valence-electron chi connectivity index (χ3n) is 3.77. The van der Waals surface area contributed by atoms with Gasteiger partial charge >= 0.3 is 0 Å². The highest BCUT2D eigenvalue weighted by Gasteiger charge is 2.26. The lowest BCUT2D eigenvalue weighted by Gasteiger charge is -2.13. The molecule has 6 heteroatoms. The Bertz CT molecular complexity index is 806. The molecule has 22 heavy (non-hydrogen) atoms. The molecule has 0 radical (unpaired) electrons. The van der Waals surface area contributed by atoms with Crippen molar-refractivity contribution in [2.45, 2.75) is 12.5 Å². The molecule has 2 aromatic heterocycles. The zero-order chi connectivity index (χ0) is 15.1. The van der Waals surface area contributed by atoms with Gasteiger partial charge in [-0.1, -0.05) is 12.1 Å². The molecule has 0 saturated carbocycles. The Labute approximate surface area is 135 Å². The van der Waals surface area contributed by atoms with Crippen LogP contribution >= 0.6 is 22.7 Å². The SMILES string of the molecule is O=C(c1ccc(-c2nc3ccccc3s2)s1)N1CC[C@@H](O)C1. The first-order valence-corrected chi connectivity index (χ1v) is 8.77. The third-order valence-corrected chi connectivity index (χ3v) is 6.05. The number of benzene rings is 1. The molecule has 4 rings (SSSR count). The number of thiophene rings is 1. The molecule has 4 nitrogen and oxygen atoms in total. The number of aromatic nitrogens is 1. The van der Waals surface area contributed by atoms with Crippen molar-refractivity contribution in [3.05, 3.63) is 41.3 Å². The second-order valence-electron chi connectivity index (χ2n) is 5.34. The van der Waals surface area contributed by atoms with Crippen LogP contribution in [-0.2, 0) is 0 Å². The number of para-hydroxylation sites is 1. The van der Waals surface area contributed by atoms with Gasteiger partial charge in [-0.25, -0.2) is 4.98 Å². The minimum atomic E-state index is -0.382. The molecule has 3 aromatic rings. The summed E-state index contributed by atoms with van der Waals surface area (Å²) >= 11 is 3.11. The molecule has 1 saturated heterocycles. The first-order chi connectivity index (χ1) is 10.7. The van der Waals surface area contributed by atoms with Crippen molar-refractivity contribution < 1.29 is 9.90 Å². The minimum Gasteiger partial charge on any atom is -0.391 e. The molecule has 0 bridgehead atoms. The van der Waals surface area contributed by atoms with Crippen LogP contribution in [0.2, 0.25) is 0 Å². The van der Waals surface area contributed by atoms with Crippen LogP contribution in [0.25, 0.3) is 20.1 Å². The highest BCUT2D eigenvalue weighted by molar-refractivity contribution is 7.26. The summed E-state index contributed by atoms with van der Waals surface area (Å²) < 4.78 is 1.15. The van der Waals surface area contributed by atoms with Crippen LogP contribution in [0.3, 0.4) is 0 Å². The number of fused-ring (bicyclic) bond motifs is 1. The molecule has 1 fully saturated rings. The Morgan fingerprint density at radius 3 is 2.86 bits per heavy atom. The fraction of sp³-hybridized carbons (Fsp3) is 0.250. The molecule has 1 N–H and O–H groups in total. The molecule has 1 aliphatic rings. The van der Waals surface area contributed by atoms with E-state index in [0.29, 0.717) is 24.4 Å². The summed E-state index contributed by atoms with van der Waals surface area (Å²) in [6.45, 7) is 1.07. The van der Waals surface area contributed by atoms with Crippen LogP contribution in [0, 0.1) is 0 Å². The number of carbonyl (C=O) groups is 1. The number of hydrogen-bond acceptors (Lipinski definition) is 5. The number of nitrogens with zero attached hydrogens (tertiary/aromatic N) is 2. The van der Waals surface area contributed by atoms with Crippen LogP contribution in [0.1, 0.15) is 16.1 Å². The van der Waals surface area contributed by atoms with E-state index >= 15 is 0 Å². The van der Waals surface area contributed by atoms with Gasteiger partial charge in [0.15, 0.2) is 0 Å². The van der Waals surface area contributed by atoms with Crippen molar-refractivity contribution in [2.75, 3.05) is 13.1 Å². The van der Waals surface area contributed by atoms with Crippen molar-refractivity contribution in [1.82, 2.24) is 9.88 Å². The van der Waals surface area contributed by atoms with Crippen molar-refractivity contribution in [2.24, 2.45) is 0 Å². The van der Waals surface area contributed by atoms with Gasteiger partial charge in [-0.15, -0.1) is 22.7 Å². The van der Waals surface area contributed by atoms with Gasteiger partial charge in [0.05, 0.1) is 26.1 Å². The second kappa shape index (κ2) is 5.46. The number of rotatable bonds is 2. The zero-order valence-electron chi connectivity index (χ0n) is 11.7. The number of carbonyl (C=O) groups excluding carboxylic acids is 1. The normalized spacial score (nSPS) is 18.2. The van der Waals surface area contributed by atoms with Crippen LogP contribution < -0.4 is 0 Å². The molecule has 112 valence electrons. The molecule has 0 unspecified atom stereocenters. The molecular weight excluding hydrogens is 316 g/mol. The maximum absolute atomic E-state index is 12.4. The Morgan fingerprint density at radius 1 is 1.23 bits per heavy atom. The monoisotopic (exact) mass is 330 g/mol. The largest absolute Gasteiger partial charge is 0.391 e. The van der Waals surface area contributed by atoms with E-state index in [1.54, 1.807) is 16.2 Å². The molecule has 1 aliphatic heterocycles. The van der Waals surface area contributed by atoms with Gasteiger partial charge in [0.2, 0.25) is 0 Å². The maximum atomic E-state index is 12.4. The molecule has 3 heterocycles. The van der Waals surface area contributed by atoms with E-state index < -0.39 is 0 Å². The summed E-state index contributed by atoms with van der Waals surface area (Å²) in [4.78, 5) is 20.5. The Kier molecular flexibility index (Phi) is 3.44. The molecule has 1 amide bonds. The average molecular weight is 330 g/mol. The van der Waals surface area contributed by atoms with Crippen LogP contribution in [0.4, 0.5) is 0 Å². The summed E-state index contributed by atoms with van der Waals surface area (Å²) in [5.41, 5.74) is 0.992. The van der Waals surface area contributed by atoms with Crippen LogP contribution in [0.15, 0.2) is 36.4 Å². The van der Waals surface area contributed by atoms with Crippen molar-refractivity contribution >= 4 is 38.8 Å². The van der Waals surface area contributed by atoms with Gasteiger partial charge in [0.25, 0.3) is 5.91 Å². The first-order valence-electron chi connectivity index (χ1n) is 7.14. The number of amides is 1. The van der Waals surface area contributed by atoms with E-state index in [0.717, 1.165) is 20.1 Å². The van der Waals surface area contributed by atoms with Crippen molar-refractivity contribution in [3.63, 3.8) is 0 Å². The topological polar surface area (TPSA) is 53.4 Å². The molecular formula is C16H14N2O2S2. The third kappa shape index (κ3) is 2.43. The number of likely N-dealkylation sites (tertiary alicyclic amines) is 1. The van der Waals surface area contributed by atoms with Gasteiger partial charge in [0, 0.05) is 13.1 Å². The molecule has 1 atom stereocenters. The number of aliphatic hydroxyl groups is 1. The fourth-order valence-electron chi connectivity index (χ4n) is 2.63. The summed E-state index contributed by atoms with van der Waals surface area (Å²) in [5, 5.41) is 10.5. The van der Waals surface area contributed by atoms with E-state index in [1.165, 1.54) is 11.3 Å². The number of aliphatic hydroxyl groups excluding tert-OH is 1. The first kappa shape index (κ1) is 13.9. The predicted octanol–water partition coefficient (Wildman–Crippen LogP) is 3.23. The maximum Gasteiger partial charge on any atom is 0.264 e. The second-order valence-corrected chi connectivity index (χ2v) is 7.46. The van der Waals surface area contributed by atoms with E-state index in [-0.39, 0.29) is 12.0 Å². The number of hydrogen-bond donors (Lipinski definition) is 1. The molecule has 1 aromatic carbocycles. The predicted molar refractivity (Wildman–Crippen MR) is 89.5 cm³/mol. The highest BCUT2D eigenvalue weighted by atomic mass is 32.1. The number of β-amino-alcohol motifs (C(OH)–C–C–N with tert-alkyl or cyclic N) is 1. The number of thiazole rings is 1. The van der Waals surface area contributed by atoms with E-state index in [1.807, 2.05) is 30.3 Å². The Balaban J connectivity index is 1.62. The molecule has 0 spiro atoms. The highest BCUT2D eigenvalue weighted by Crippen LogP contribution is 2.35. The minimum absolute atomic E-state index is 0.00825. The van der Waals surface area contributed by atoms with Gasteiger partial charge in [-0.2, -0.15) is 0 Å². The lowest BCUT2D eigenvalue weighted by Crippen LogP contribution is -2.28. The smallest absolute Gasteiger partial charge is 0.264 e. The van der Waals surface area contributed by atoms with Crippen LogP contribution in [-0.4, -0.2) is 40.1 Å². The standard InChI is InChI=1S/C16H14N2O2S2/c19-10-7-8-18(9-10)16(20)14-6-5-13(21-14)15-17-11-3-1-2-4-12(11)22-15/h1-6,10,19H,7-9H2/t10-/m1/s1. The lowest BCUT2D eigenvalue weighted by atomic mass is 10.3. The van der Waals surface area contributed by atoms with Gasteiger partial charge < -0.3 is 10.0 Å². The summed E-state index contributed by atoms with van der Waals surface area (Å²) in [7, 11) is 0. The average Bonchev–Trinajstić information content (AvgIpc) is 3.24. The Hall–Kier alpha value is -1.76. The van der Waals surface area contributed by atoms with Gasteiger partial charge in [0.1, 0.15) is 5.01 Å². The Morgan fingerprint density at radius 2 is 2.09 bits per heavy atom. The quantitative estimate of drug-likeness (QED) is 0.785. The zero-order valence-corrected chi connectivity index (χ0v) is 13.4. The van der Waals surface area contributed by atoms with Crippen molar-refractivity contribution in [3.8, 4) is 9.88 Å². The van der Waals surface area contributed by atoms with E-state index in [2.05, 4.69) is 11.1 Å². The fourth-order valence-corrected chi connectivity index (χ4v) is 4.62.